The number of carbonyl (C=O) groups is 1. The summed E-state index contributed by atoms with van der Waals surface area (Å²) >= 11 is 0. The first kappa shape index (κ1) is 16.4. The summed E-state index contributed by atoms with van der Waals surface area (Å²) in [6, 6.07) is 5.70. The number of fused-ring (bicyclic) bond motifs is 3. The van der Waals surface area contributed by atoms with Crippen molar-refractivity contribution in [1.82, 2.24) is 15.3 Å². The van der Waals surface area contributed by atoms with Crippen molar-refractivity contribution in [1.29, 1.82) is 0 Å². The van der Waals surface area contributed by atoms with Gasteiger partial charge in [-0.05, 0) is 31.0 Å². The summed E-state index contributed by atoms with van der Waals surface area (Å²) in [4.78, 5) is 23.2. The second-order valence-corrected chi connectivity index (χ2v) is 7.59. The van der Waals surface area contributed by atoms with Crippen molar-refractivity contribution < 1.29 is 14.3 Å². The van der Waals surface area contributed by atoms with Crippen LogP contribution in [0.5, 0.6) is 11.6 Å². The molecule has 0 radical (unpaired) electrons. The van der Waals surface area contributed by atoms with E-state index in [1.54, 1.807) is 13.3 Å². The Morgan fingerprint density at radius 3 is 2.78 bits per heavy atom. The molecule has 1 amide bonds. The third kappa shape index (κ3) is 2.69. The monoisotopic (exact) mass is 366 g/mol. The first-order valence-electron chi connectivity index (χ1n) is 9.32. The summed E-state index contributed by atoms with van der Waals surface area (Å²) in [6.07, 6.45) is 3.14. The molecule has 2 aromatic heterocycles. The topological polar surface area (TPSA) is 76.6 Å². The van der Waals surface area contributed by atoms with Crippen LogP contribution in [0.15, 0.2) is 24.4 Å². The number of methoxy groups -OCH3 is 1. The van der Waals surface area contributed by atoms with Gasteiger partial charge in [0.05, 0.1) is 31.1 Å². The molecule has 3 aliphatic heterocycles. The smallest absolute Gasteiger partial charge is 0.253 e. The van der Waals surface area contributed by atoms with Crippen molar-refractivity contribution in [3.8, 4) is 11.6 Å². The SMILES string of the molecule is COc1ccc(OC2C3CC2CN(c2nc4c(cc2C)C(=O)NC4)C3)cn1. The standard InChI is InChI=1S/C20H22N4O3/c1-11-5-15-16(8-22-20(15)25)23-19(11)24-9-12-6-13(10-24)18(12)27-14-3-4-17(26-2)21-7-14/h3-5,7,12-13,18H,6,8-10H2,1-2H3,(H,22,25). The van der Waals surface area contributed by atoms with Gasteiger partial charge >= 0.3 is 0 Å². The molecule has 27 heavy (non-hydrogen) atoms. The number of ether oxygens (including phenoxy) is 2. The van der Waals surface area contributed by atoms with Crippen LogP contribution in [0.3, 0.4) is 0 Å². The number of nitrogens with one attached hydrogen (secondary N) is 1. The Balaban J connectivity index is 1.29. The highest BCUT2D eigenvalue weighted by Gasteiger charge is 2.49. The van der Waals surface area contributed by atoms with E-state index in [-0.39, 0.29) is 12.0 Å². The lowest BCUT2D eigenvalue weighted by atomic mass is 9.68. The molecule has 1 N–H and O–H groups in total. The number of amides is 1. The predicted molar refractivity (Wildman–Crippen MR) is 99.2 cm³/mol. The zero-order chi connectivity index (χ0) is 18.5. The minimum absolute atomic E-state index is 0.0183. The Morgan fingerprint density at radius 2 is 2.07 bits per heavy atom. The maximum absolute atomic E-state index is 11.8. The highest BCUT2D eigenvalue weighted by atomic mass is 16.5. The van der Waals surface area contributed by atoms with Crippen LogP contribution in [0.2, 0.25) is 0 Å². The minimum atomic E-state index is -0.0183. The fourth-order valence-corrected chi connectivity index (χ4v) is 4.47. The number of pyridine rings is 2. The third-order valence-corrected chi connectivity index (χ3v) is 5.86. The number of hydrogen-bond donors (Lipinski definition) is 1. The summed E-state index contributed by atoms with van der Waals surface area (Å²) in [5, 5.41) is 2.85. The molecule has 2 atom stereocenters. The molecule has 2 bridgehead atoms. The van der Waals surface area contributed by atoms with Crippen molar-refractivity contribution in [2.45, 2.75) is 26.0 Å². The second kappa shape index (κ2) is 6.11. The van der Waals surface area contributed by atoms with Crippen LogP contribution >= 0.6 is 0 Å². The number of hydrogen-bond acceptors (Lipinski definition) is 6. The molecular formula is C20H22N4O3. The van der Waals surface area contributed by atoms with Crippen LogP contribution < -0.4 is 19.7 Å². The largest absolute Gasteiger partial charge is 0.488 e. The first-order chi connectivity index (χ1) is 13.1. The summed E-state index contributed by atoms with van der Waals surface area (Å²) in [5.41, 5.74) is 2.63. The fraction of sp³-hybridized carbons (Fsp3) is 0.450. The fourth-order valence-electron chi connectivity index (χ4n) is 4.47. The quantitative estimate of drug-likeness (QED) is 0.891. The average Bonchev–Trinajstić information content (AvgIpc) is 3.06. The lowest BCUT2D eigenvalue weighted by Crippen LogP contribution is -2.61. The Kier molecular flexibility index (Phi) is 3.70. The van der Waals surface area contributed by atoms with Gasteiger partial charge in [-0.2, -0.15) is 0 Å². The second-order valence-electron chi connectivity index (χ2n) is 7.59. The normalized spacial score (nSPS) is 25.5. The average molecular weight is 366 g/mol. The molecule has 1 saturated carbocycles. The summed E-state index contributed by atoms with van der Waals surface area (Å²) < 4.78 is 11.3. The Labute approximate surface area is 157 Å². The van der Waals surface area contributed by atoms with E-state index in [0.717, 1.165) is 35.9 Å². The zero-order valence-electron chi connectivity index (χ0n) is 15.4. The van der Waals surface area contributed by atoms with E-state index in [9.17, 15) is 4.79 Å². The number of anilines is 1. The minimum Gasteiger partial charge on any atom is -0.488 e. The molecule has 7 heteroatoms. The number of carbonyl (C=O) groups excluding carboxylic acids is 1. The van der Waals surface area contributed by atoms with Crippen molar-refractivity contribution >= 4 is 11.7 Å². The molecular weight excluding hydrogens is 344 g/mol. The maximum Gasteiger partial charge on any atom is 0.253 e. The van der Waals surface area contributed by atoms with Gasteiger partial charge in [0.2, 0.25) is 5.88 Å². The summed E-state index contributed by atoms with van der Waals surface area (Å²) in [5.74, 6) is 3.34. The maximum atomic E-state index is 11.8. The van der Waals surface area contributed by atoms with Gasteiger partial charge in [0.25, 0.3) is 5.91 Å². The number of piperidine rings is 2. The molecule has 2 unspecified atom stereocenters. The molecule has 4 aliphatic rings. The Bertz CT molecular complexity index is 887. The predicted octanol–water partition coefficient (Wildman–Crippen LogP) is 1.94. The Hall–Kier alpha value is -2.83. The van der Waals surface area contributed by atoms with Crippen molar-refractivity contribution in [2.24, 2.45) is 11.8 Å². The number of aromatic nitrogens is 2. The van der Waals surface area contributed by atoms with Crippen LogP contribution in [-0.4, -0.2) is 42.2 Å². The molecule has 5 heterocycles. The van der Waals surface area contributed by atoms with E-state index in [4.69, 9.17) is 14.5 Å². The number of nitrogens with zero attached hydrogens (tertiary/aromatic N) is 3. The van der Waals surface area contributed by atoms with Crippen LogP contribution in [-0.2, 0) is 6.54 Å². The van der Waals surface area contributed by atoms with E-state index in [1.807, 2.05) is 25.1 Å². The van der Waals surface area contributed by atoms with Gasteiger partial charge in [-0.1, -0.05) is 0 Å². The van der Waals surface area contributed by atoms with Gasteiger partial charge in [0, 0.05) is 31.0 Å². The molecule has 2 saturated heterocycles. The van der Waals surface area contributed by atoms with Crippen LogP contribution in [0, 0.1) is 18.8 Å². The van der Waals surface area contributed by atoms with Gasteiger partial charge in [0.15, 0.2) is 0 Å². The lowest BCUT2D eigenvalue weighted by molar-refractivity contribution is -0.0344. The van der Waals surface area contributed by atoms with Crippen LogP contribution in [0.1, 0.15) is 28.0 Å². The van der Waals surface area contributed by atoms with E-state index < -0.39 is 0 Å². The van der Waals surface area contributed by atoms with E-state index >= 15 is 0 Å². The first-order valence-corrected chi connectivity index (χ1v) is 9.32. The summed E-state index contributed by atoms with van der Waals surface area (Å²) in [6.45, 7) is 4.42. The molecule has 0 aromatic carbocycles. The van der Waals surface area contributed by atoms with Gasteiger partial charge in [-0.15, -0.1) is 0 Å². The zero-order valence-corrected chi connectivity index (χ0v) is 15.4. The third-order valence-electron chi connectivity index (χ3n) is 5.86. The lowest BCUT2D eigenvalue weighted by Gasteiger charge is -2.53. The highest BCUT2D eigenvalue weighted by Crippen LogP contribution is 2.44. The van der Waals surface area contributed by atoms with E-state index in [0.29, 0.717) is 29.8 Å². The van der Waals surface area contributed by atoms with Crippen molar-refractivity contribution in [2.75, 3.05) is 25.1 Å². The summed E-state index contributed by atoms with van der Waals surface area (Å²) in [7, 11) is 1.61. The van der Waals surface area contributed by atoms with Gasteiger partial charge in [0.1, 0.15) is 17.7 Å². The van der Waals surface area contributed by atoms with Gasteiger partial charge < -0.3 is 19.7 Å². The van der Waals surface area contributed by atoms with E-state index in [1.165, 1.54) is 6.42 Å². The molecule has 0 spiro atoms. The Morgan fingerprint density at radius 1 is 1.26 bits per heavy atom. The number of rotatable bonds is 4. The van der Waals surface area contributed by atoms with E-state index in [2.05, 4.69) is 15.2 Å². The van der Waals surface area contributed by atoms with Crippen molar-refractivity contribution in [3.63, 3.8) is 0 Å². The molecule has 2 aromatic rings. The molecule has 3 fully saturated rings. The van der Waals surface area contributed by atoms with Gasteiger partial charge in [-0.3, -0.25) is 4.79 Å². The molecule has 1 aliphatic carbocycles. The van der Waals surface area contributed by atoms with Crippen LogP contribution in [0.25, 0.3) is 0 Å². The molecule has 140 valence electrons. The van der Waals surface area contributed by atoms with Gasteiger partial charge in [-0.25, -0.2) is 9.97 Å². The number of aryl methyl sites for hydroxylation is 1. The highest BCUT2D eigenvalue weighted by molar-refractivity contribution is 5.98. The molecule has 7 nitrogen and oxygen atoms in total. The van der Waals surface area contributed by atoms with Crippen LogP contribution in [0.4, 0.5) is 5.82 Å². The molecule has 6 rings (SSSR count). The van der Waals surface area contributed by atoms with Crippen molar-refractivity contribution in [3.05, 3.63) is 41.2 Å².